The van der Waals surface area contributed by atoms with Crippen LogP contribution in [0.4, 0.5) is 11.8 Å². The zero-order valence-electron chi connectivity index (χ0n) is 12.1. The molecule has 1 heterocycles. The molecule has 1 aromatic heterocycles. The van der Waals surface area contributed by atoms with Gasteiger partial charge >= 0.3 is 0 Å². The number of ether oxygens (including phenoxy) is 1. The first-order chi connectivity index (χ1) is 9.56. The molecule has 5 nitrogen and oxygen atoms in total. The van der Waals surface area contributed by atoms with Crippen LogP contribution in [0.25, 0.3) is 0 Å². The van der Waals surface area contributed by atoms with Crippen molar-refractivity contribution in [2.75, 3.05) is 17.6 Å². The zero-order chi connectivity index (χ0) is 14.5. The fraction of sp³-hybridized carbons (Fsp3) is 0.333. The van der Waals surface area contributed by atoms with Crippen LogP contribution in [-0.4, -0.2) is 16.5 Å². The molecular formula is C15H20N4O. The van der Waals surface area contributed by atoms with Gasteiger partial charge in [0.05, 0.1) is 0 Å². The van der Waals surface area contributed by atoms with Gasteiger partial charge < -0.3 is 15.8 Å². The largest absolute Gasteiger partial charge is 0.439 e. The number of hydrogen-bond donors (Lipinski definition) is 2. The highest BCUT2D eigenvalue weighted by Gasteiger charge is 2.05. The molecule has 0 amide bonds. The Kier molecular flexibility index (Phi) is 4.40. The third-order valence-corrected chi connectivity index (χ3v) is 2.69. The van der Waals surface area contributed by atoms with Gasteiger partial charge in [0, 0.05) is 12.6 Å². The summed E-state index contributed by atoms with van der Waals surface area (Å²) in [4.78, 5) is 8.22. The molecule has 0 saturated carbocycles. The lowest BCUT2D eigenvalue weighted by Crippen LogP contribution is -2.05. The van der Waals surface area contributed by atoms with Crippen LogP contribution in [0.1, 0.15) is 24.5 Å². The van der Waals surface area contributed by atoms with E-state index in [4.69, 9.17) is 10.5 Å². The smallest absolute Gasteiger partial charge is 0.226 e. The average molecular weight is 272 g/mol. The Balaban J connectivity index is 2.21. The number of nitrogen functional groups attached to an aromatic ring is 1. The van der Waals surface area contributed by atoms with E-state index in [2.05, 4.69) is 28.3 Å². The van der Waals surface area contributed by atoms with Gasteiger partial charge in [0.25, 0.3) is 0 Å². The summed E-state index contributed by atoms with van der Waals surface area (Å²) in [6.07, 6.45) is 1.01. The Labute approximate surface area is 119 Å². The fourth-order valence-electron chi connectivity index (χ4n) is 1.95. The molecule has 0 atom stereocenters. The lowest BCUT2D eigenvalue weighted by atomic mass is 10.1. The topological polar surface area (TPSA) is 73.1 Å². The first kappa shape index (κ1) is 14.1. The quantitative estimate of drug-likeness (QED) is 0.873. The molecule has 0 aliphatic carbocycles. The van der Waals surface area contributed by atoms with E-state index in [0.29, 0.717) is 11.7 Å². The Morgan fingerprint density at radius 3 is 2.45 bits per heavy atom. The normalized spacial score (nSPS) is 10.3. The van der Waals surface area contributed by atoms with Crippen LogP contribution in [0, 0.1) is 13.8 Å². The van der Waals surface area contributed by atoms with Crippen molar-refractivity contribution in [2.24, 2.45) is 0 Å². The minimum atomic E-state index is 0.200. The Morgan fingerprint density at radius 1 is 1.10 bits per heavy atom. The number of aryl methyl sites for hydroxylation is 2. The molecular weight excluding hydrogens is 252 g/mol. The second kappa shape index (κ2) is 6.23. The maximum atomic E-state index is 5.77. The van der Waals surface area contributed by atoms with Gasteiger partial charge in [-0.25, -0.2) is 0 Å². The number of nitrogens with two attached hydrogens (primary N) is 1. The molecule has 2 aromatic rings. The number of rotatable bonds is 5. The molecule has 0 aliphatic heterocycles. The standard InChI is InChI=1S/C15H20N4O/c1-4-5-17-13-9-14(19-15(16)18-13)20-12-7-10(2)6-11(3)8-12/h6-9H,4-5H2,1-3H3,(H3,16,17,18,19). The molecule has 5 heteroatoms. The summed E-state index contributed by atoms with van der Waals surface area (Å²) in [6.45, 7) is 6.98. The number of nitrogens with zero attached hydrogens (tertiary/aromatic N) is 2. The summed E-state index contributed by atoms with van der Waals surface area (Å²) in [5.74, 6) is 2.08. The Bertz CT molecular complexity index is 578. The zero-order valence-corrected chi connectivity index (χ0v) is 12.1. The van der Waals surface area contributed by atoms with Gasteiger partial charge in [-0.3, -0.25) is 0 Å². The first-order valence-corrected chi connectivity index (χ1v) is 6.71. The predicted molar refractivity (Wildman–Crippen MR) is 81.2 cm³/mol. The monoisotopic (exact) mass is 272 g/mol. The van der Waals surface area contributed by atoms with Crippen LogP contribution in [0.15, 0.2) is 24.3 Å². The third-order valence-electron chi connectivity index (χ3n) is 2.69. The number of nitrogens with one attached hydrogen (secondary N) is 1. The van der Waals surface area contributed by atoms with Crippen molar-refractivity contribution >= 4 is 11.8 Å². The maximum absolute atomic E-state index is 5.77. The van der Waals surface area contributed by atoms with E-state index in [9.17, 15) is 0 Å². The van der Waals surface area contributed by atoms with Crippen molar-refractivity contribution < 1.29 is 4.74 Å². The number of anilines is 2. The Hall–Kier alpha value is -2.30. The molecule has 20 heavy (non-hydrogen) atoms. The van der Waals surface area contributed by atoms with Gasteiger partial charge in [-0.05, 0) is 43.5 Å². The van der Waals surface area contributed by atoms with Gasteiger partial charge in [-0.2, -0.15) is 9.97 Å². The molecule has 2 rings (SSSR count). The van der Waals surface area contributed by atoms with Gasteiger partial charge in [0.2, 0.25) is 11.8 Å². The first-order valence-electron chi connectivity index (χ1n) is 6.71. The van der Waals surface area contributed by atoms with Crippen LogP contribution >= 0.6 is 0 Å². The lowest BCUT2D eigenvalue weighted by Gasteiger charge is -2.09. The van der Waals surface area contributed by atoms with E-state index in [1.54, 1.807) is 6.07 Å². The lowest BCUT2D eigenvalue weighted by molar-refractivity contribution is 0.462. The summed E-state index contributed by atoms with van der Waals surface area (Å²) in [7, 11) is 0. The Morgan fingerprint density at radius 2 is 1.80 bits per heavy atom. The van der Waals surface area contributed by atoms with E-state index in [1.807, 2.05) is 26.0 Å². The van der Waals surface area contributed by atoms with E-state index in [-0.39, 0.29) is 5.95 Å². The molecule has 0 unspecified atom stereocenters. The highest BCUT2D eigenvalue weighted by Crippen LogP contribution is 2.24. The second-order valence-electron chi connectivity index (χ2n) is 4.80. The van der Waals surface area contributed by atoms with Crippen molar-refractivity contribution in [3.8, 4) is 11.6 Å². The second-order valence-corrected chi connectivity index (χ2v) is 4.80. The summed E-state index contributed by atoms with van der Waals surface area (Å²) in [5.41, 5.74) is 7.99. The van der Waals surface area contributed by atoms with E-state index in [0.717, 1.165) is 29.8 Å². The van der Waals surface area contributed by atoms with E-state index in [1.165, 1.54) is 0 Å². The van der Waals surface area contributed by atoms with Crippen LogP contribution in [0.3, 0.4) is 0 Å². The molecule has 0 aliphatic rings. The van der Waals surface area contributed by atoms with Crippen LogP contribution in [-0.2, 0) is 0 Å². The fourth-order valence-corrected chi connectivity index (χ4v) is 1.95. The van der Waals surface area contributed by atoms with Crippen molar-refractivity contribution in [2.45, 2.75) is 27.2 Å². The van der Waals surface area contributed by atoms with Gasteiger partial charge in [0.1, 0.15) is 11.6 Å². The molecule has 1 aromatic carbocycles. The van der Waals surface area contributed by atoms with Crippen LogP contribution in [0.5, 0.6) is 11.6 Å². The molecule has 0 fully saturated rings. The number of hydrogen-bond acceptors (Lipinski definition) is 5. The molecule has 0 spiro atoms. The van der Waals surface area contributed by atoms with Crippen molar-refractivity contribution in [3.05, 3.63) is 35.4 Å². The van der Waals surface area contributed by atoms with Crippen molar-refractivity contribution in [3.63, 3.8) is 0 Å². The molecule has 106 valence electrons. The summed E-state index contributed by atoms with van der Waals surface area (Å²) >= 11 is 0. The van der Waals surface area contributed by atoms with Gasteiger partial charge in [0.15, 0.2) is 0 Å². The third kappa shape index (κ3) is 3.85. The van der Waals surface area contributed by atoms with Crippen LogP contribution in [0.2, 0.25) is 0 Å². The SMILES string of the molecule is CCCNc1cc(Oc2cc(C)cc(C)c2)nc(N)n1. The summed E-state index contributed by atoms with van der Waals surface area (Å²) in [5, 5.41) is 3.17. The molecule has 0 bridgehead atoms. The predicted octanol–water partition coefficient (Wildman–Crippen LogP) is 3.29. The summed E-state index contributed by atoms with van der Waals surface area (Å²) in [6, 6.07) is 7.77. The highest BCUT2D eigenvalue weighted by atomic mass is 16.5. The van der Waals surface area contributed by atoms with Gasteiger partial charge in [-0.15, -0.1) is 0 Å². The van der Waals surface area contributed by atoms with Crippen molar-refractivity contribution in [1.29, 1.82) is 0 Å². The van der Waals surface area contributed by atoms with E-state index < -0.39 is 0 Å². The minimum absolute atomic E-state index is 0.200. The molecule has 0 saturated heterocycles. The average Bonchev–Trinajstić information content (AvgIpc) is 2.34. The maximum Gasteiger partial charge on any atom is 0.226 e. The van der Waals surface area contributed by atoms with Gasteiger partial charge in [-0.1, -0.05) is 13.0 Å². The molecule has 3 N–H and O–H groups in total. The van der Waals surface area contributed by atoms with E-state index >= 15 is 0 Å². The summed E-state index contributed by atoms with van der Waals surface area (Å²) < 4.78 is 5.77. The highest BCUT2D eigenvalue weighted by molar-refractivity contribution is 5.44. The van der Waals surface area contributed by atoms with Crippen molar-refractivity contribution in [1.82, 2.24) is 9.97 Å². The number of aromatic nitrogens is 2. The minimum Gasteiger partial charge on any atom is -0.439 e. The number of benzene rings is 1. The van der Waals surface area contributed by atoms with Crippen LogP contribution < -0.4 is 15.8 Å². The molecule has 0 radical (unpaired) electrons.